The van der Waals surface area contributed by atoms with Gasteiger partial charge in [0.05, 0.1) is 0 Å². The Kier molecular flexibility index (Phi) is 3.73. The first-order valence-corrected chi connectivity index (χ1v) is 3.88. The lowest BCUT2D eigenvalue weighted by molar-refractivity contribution is -0.162. The molecular formula is C8H15NO3. The Morgan fingerprint density at radius 2 is 1.92 bits per heavy atom. The Hall–Kier alpha value is -1.06. The first kappa shape index (κ1) is 10.9. The van der Waals surface area contributed by atoms with Crippen LogP contribution in [0.4, 0.5) is 0 Å². The van der Waals surface area contributed by atoms with Crippen LogP contribution in [-0.4, -0.2) is 24.0 Å². The van der Waals surface area contributed by atoms with Crippen molar-refractivity contribution in [2.45, 2.75) is 33.3 Å². The Balaban J connectivity index is 4.18. The van der Waals surface area contributed by atoms with E-state index in [1.165, 1.54) is 6.92 Å². The van der Waals surface area contributed by atoms with Crippen LogP contribution < -0.4 is 5.32 Å². The van der Waals surface area contributed by atoms with Crippen LogP contribution in [0, 0.1) is 0 Å². The number of rotatable bonds is 3. The van der Waals surface area contributed by atoms with Gasteiger partial charge in [-0.3, -0.25) is 9.59 Å². The standard InChI is InChI=1S/C8H15NO3/c1-5-9-7(11)8(3,4)12-6(2)10/h5H2,1-4H3,(H,9,11). The molecule has 0 aromatic heterocycles. The molecule has 12 heavy (non-hydrogen) atoms. The topological polar surface area (TPSA) is 55.4 Å². The predicted octanol–water partition coefficient (Wildman–Crippen LogP) is 0.464. The number of ether oxygens (including phenoxy) is 1. The second-order valence-corrected chi connectivity index (χ2v) is 2.96. The Bertz CT molecular complexity index is 187. The number of hydrogen-bond donors (Lipinski definition) is 1. The van der Waals surface area contributed by atoms with E-state index in [1.54, 1.807) is 13.8 Å². The van der Waals surface area contributed by atoms with Crippen molar-refractivity contribution in [1.82, 2.24) is 5.32 Å². The summed E-state index contributed by atoms with van der Waals surface area (Å²) in [6.45, 7) is 6.73. The van der Waals surface area contributed by atoms with Gasteiger partial charge in [-0.25, -0.2) is 0 Å². The van der Waals surface area contributed by atoms with Crippen LogP contribution in [0.15, 0.2) is 0 Å². The maximum atomic E-state index is 11.2. The molecule has 4 nitrogen and oxygen atoms in total. The molecule has 0 radical (unpaired) electrons. The van der Waals surface area contributed by atoms with Crippen LogP contribution in [0.5, 0.6) is 0 Å². The van der Waals surface area contributed by atoms with E-state index >= 15 is 0 Å². The summed E-state index contributed by atoms with van der Waals surface area (Å²) in [7, 11) is 0. The molecule has 0 spiro atoms. The number of likely N-dealkylation sites (N-methyl/N-ethyl adjacent to an activating group) is 1. The molecule has 0 heterocycles. The molecule has 1 amide bonds. The fourth-order valence-electron chi connectivity index (χ4n) is 0.779. The largest absolute Gasteiger partial charge is 0.450 e. The minimum Gasteiger partial charge on any atom is -0.450 e. The van der Waals surface area contributed by atoms with Crippen LogP contribution in [0.1, 0.15) is 27.7 Å². The number of hydrogen-bond acceptors (Lipinski definition) is 3. The van der Waals surface area contributed by atoms with Gasteiger partial charge in [0.2, 0.25) is 0 Å². The van der Waals surface area contributed by atoms with E-state index in [0.717, 1.165) is 0 Å². The van der Waals surface area contributed by atoms with Crippen molar-refractivity contribution in [2.24, 2.45) is 0 Å². The van der Waals surface area contributed by atoms with E-state index in [2.05, 4.69) is 5.32 Å². The van der Waals surface area contributed by atoms with Gasteiger partial charge in [-0.2, -0.15) is 0 Å². The zero-order chi connectivity index (χ0) is 9.78. The molecular weight excluding hydrogens is 158 g/mol. The molecule has 0 aromatic rings. The summed E-state index contributed by atoms with van der Waals surface area (Å²) in [4.78, 5) is 21.8. The van der Waals surface area contributed by atoms with Crippen molar-refractivity contribution in [3.8, 4) is 0 Å². The van der Waals surface area contributed by atoms with Crippen LogP contribution in [0.25, 0.3) is 0 Å². The average molecular weight is 173 g/mol. The summed E-state index contributed by atoms with van der Waals surface area (Å²) < 4.78 is 4.80. The molecule has 0 saturated heterocycles. The second-order valence-electron chi connectivity index (χ2n) is 2.96. The molecule has 0 atom stereocenters. The molecule has 0 aliphatic heterocycles. The third kappa shape index (κ3) is 3.37. The van der Waals surface area contributed by atoms with Gasteiger partial charge >= 0.3 is 5.97 Å². The first-order chi connectivity index (χ1) is 5.40. The highest BCUT2D eigenvalue weighted by atomic mass is 16.6. The molecule has 4 heteroatoms. The number of carbonyl (C=O) groups is 2. The molecule has 0 fully saturated rings. The van der Waals surface area contributed by atoms with E-state index in [9.17, 15) is 9.59 Å². The summed E-state index contributed by atoms with van der Waals surface area (Å²) in [5.41, 5.74) is -1.07. The molecule has 1 N–H and O–H groups in total. The highest BCUT2D eigenvalue weighted by molar-refractivity contribution is 5.86. The molecule has 0 rings (SSSR count). The summed E-state index contributed by atoms with van der Waals surface area (Å²) in [6, 6.07) is 0. The van der Waals surface area contributed by atoms with Gasteiger partial charge in [-0.05, 0) is 20.8 Å². The van der Waals surface area contributed by atoms with Crippen molar-refractivity contribution < 1.29 is 14.3 Å². The second kappa shape index (κ2) is 4.09. The SMILES string of the molecule is CCNC(=O)C(C)(C)OC(C)=O. The minimum atomic E-state index is -1.07. The number of carbonyl (C=O) groups excluding carboxylic acids is 2. The fraction of sp³-hybridized carbons (Fsp3) is 0.750. The molecule has 0 aliphatic rings. The van der Waals surface area contributed by atoms with Gasteiger partial charge < -0.3 is 10.1 Å². The lowest BCUT2D eigenvalue weighted by atomic mass is 10.1. The van der Waals surface area contributed by atoms with Gasteiger partial charge in [0.15, 0.2) is 5.60 Å². The van der Waals surface area contributed by atoms with Gasteiger partial charge in [0.25, 0.3) is 5.91 Å². The van der Waals surface area contributed by atoms with Crippen molar-refractivity contribution in [2.75, 3.05) is 6.54 Å². The lowest BCUT2D eigenvalue weighted by Crippen LogP contribution is -2.45. The smallest absolute Gasteiger partial charge is 0.303 e. The van der Waals surface area contributed by atoms with Crippen LogP contribution in [0.3, 0.4) is 0 Å². The zero-order valence-electron chi connectivity index (χ0n) is 7.93. The lowest BCUT2D eigenvalue weighted by Gasteiger charge is -2.22. The van der Waals surface area contributed by atoms with E-state index in [1.807, 2.05) is 6.92 Å². The van der Waals surface area contributed by atoms with Crippen molar-refractivity contribution in [1.29, 1.82) is 0 Å². The van der Waals surface area contributed by atoms with Crippen molar-refractivity contribution in [3.05, 3.63) is 0 Å². The number of nitrogens with one attached hydrogen (secondary N) is 1. The minimum absolute atomic E-state index is 0.278. The maximum Gasteiger partial charge on any atom is 0.303 e. The van der Waals surface area contributed by atoms with Gasteiger partial charge in [0.1, 0.15) is 0 Å². The quantitative estimate of drug-likeness (QED) is 0.631. The normalized spacial score (nSPS) is 10.7. The van der Waals surface area contributed by atoms with Crippen LogP contribution in [-0.2, 0) is 14.3 Å². The average Bonchev–Trinajstić information content (AvgIpc) is 1.85. The van der Waals surface area contributed by atoms with Crippen LogP contribution >= 0.6 is 0 Å². The van der Waals surface area contributed by atoms with E-state index in [4.69, 9.17) is 4.74 Å². The maximum absolute atomic E-state index is 11.2. The van der Waals surface area contributed by atoms with E-state index < -0.39 is 11.6 Å². The summed E-state index contributed by atoms with van der Waals surface area (Å²) in [6.07, 6.45) is 0. The third-order valence-corrected chi connectivity index (χ3v) is 1.28. The van der Waals surface area contributed by atoms with Crippen LogP contribution in [0.2, 0.25) is 0 Å². The molecule has 0 aromatic carbocycles. The molecule has 0 aliphatic carbocycles. The Morgan fingerprint density at radius 1 is 1.42 bits per heavy atom. The van der Waals surface area contributed by atoms with Gasteiger partial charge in [0, 0.05) is 13.5 Å². The fourth-order valence-corrected chi connectivity index (χ4v) is 0.779. The summed E-state index contributed by atoms with van der Waals surface area (Å²) in [5, 5.41) is 2.58. The van der Waals surface area contributed by atoms with Gasteiger partial charge in [-0.15, -0.1) is 0 Å². The zero-order valence-corrected chi connectivity index (χ0v) is 7.93. The molecule has 70 valence electrons. The first-order valence-electron chi connectivity index (χ1n) is 3.88. The van der Waals surface area contributed by atoms with Gasteiger partial charge in [-0.1, -0.05) is 0 Å². The predicted molar refractivity (Wildman–Crippen MR) is 44.5 cm³/mol. The Labute approximate surface area is 72.3 Å². The molecule has 0 saturated carbocycles. The molecule has 0 unspecified atom stereocenters. The Morgan fingerprint density at radius 3 is 2.25 bits per heavy atom. The van der Waals surface area contributed by atoms with E-state index in [-0.39, 0.29) is 5.91 Å². The number of esters is 1. The third-order valence-electron chi connectivity index (χ3n) is 1.28. The molecule has 0 bridgehead atoms. The number of amides is 1. The summed E-state index contributed by atoms with van der Waals surface area (Å²) >= 11 is 0. The highest BCUT2D eigenvalue weighted by Gasteiger charge is 2.29. The van der Waals surface area contributed by atoms with Crippen molar-refractivity contribution >= 4 is 11.9 Å². The van der Waals surface area contributed by atoms with E-state index in [0.29, 0.717) is 6.54 Å². The monoisotopic (exact) mass is 173 g/mol. The highest BCUT2D eigenvalue weighted by Crippen LogP contribution is 2.08. The summed E-state index contributed by atoms with van der Waals surface area (Å²) in [5.74, 6) is -0.730. The van der Waals surface area contributed by atoms with Crippen molar-refractivity contribution in [3.63, 3.8) is 0 Å².